The van der Waals surface area contributed by atoms with E-state index in [9.17, 15) is 0 Å². The quantitative estimate of drug-likeness (QED) is 0.795. The highest BCUT2D eigenvalue weighted by atomic mass is 32.1. The van der Waals surface area contributed by atoms with E-state index in [0.717, 1.165) is 25.3 Å². The highest BCUT2D eigenvalue weighted by Crippen LogP contribution is 2.19. The molecule has 0 bridgehead atoms. The number of thiocarbonyl (C=S) groups is 1. The van der Waals surface area contributed by atoms with Crippen LogP contribution in [-0.2, 0) is 4.74 Å². The van der Waals surface area contributed by atoms with E-state index in [2.05, 4.69) is 17.2 Å². The Morgan fingerprint density at radius 1 is 1.65 bits per heavy atom. The molecule has 1 aromatic rings. The Bertz CT molecular complexity index is 387. The van der Waals surface area contributed by atoms with Crippen molar-refractivity contribution in [2.24, 2.45) is 11.7 Å². The van der Waals surface area contributed by atoms with Crippen LogP contribution in [0, 0.1) is 5.92 Å². The predicted octanol–water partition coefficient (Wildman–Crippen LogP) is 1.55. The summed E-state index contributed by atoms with van der Waals surface area (Å²) in [5, 5.41) is 3.42. The van der Waals surface area contributed by atoms with Crippen LogP contribution < -0.4 is 11.1 Å². The standard InChI is InChI=1S/C12H17N3OS/c1-8(9-4-5-16-7-9)15-10-2-3-11(12(13)17)14-6-10/h2-3,6,8-9,15H,4-5,7H2,1H3,(H2,13,17). The lowest BCUT2D eigenvalue weighted by molar-refractivity contribution is 0.183. The topological polar surface area (TPSA) is 60.2 Å². The van der Waals surface area contributed by atoms with Crippen molar-refractivity contribution in [1.29, 1.82) is 0 Å². The lowest BCUT2D eigenvalue weighted by atomic mass is 10.0. The fraction of sp³-hybridized carbons (Fsp3) is 0.500. The number of nitrogens with two attached hydrogens (primary N) is 1. The molecule has 5 heteroatoms. The van der Waals surface area contributed by atoms with E-state index in [1.54, 1.807) is 6.20 Å². The van der Waals surface area contributed by atoms with Gasteiger partial charge in [0, 0.05) is 18.6 Å². The number of pyridine rings is 1. The predicted molar refractivity (Wildman–Crippen MR) is 72.1 cm³/mol. The molecule has 2 heterocycles. The lowest BCUT2D eigenvalue weighted by Gasteiger charge is -2.20. The second-order valence-corrected chi connectivity index (χ2v) is 4.79. The summed E-state index contributed by atoms with van der Waals surface area (Å²) in [7, 11) is 0. The third-order valence-electron chi connectivity index (χ3n) is 3.08. The minimum atomic E-state index is 0.328. The van der Waals surface area contributed by atoms with Crippen LogP contribution in [0.25, 0.3) is 0 Å². The molecule has 1 aromatic heterocycles. The van der Waals surface area contributed by atoms with Gasteiger partial charge in [-0.3, -0.25) is 4.98 Å². The summed E-state index contributed by atoms with van der Waals surface area (Å²) in [5.41, 5.74) is 7.14. The second kappa shape index (κ2) is 5.42. The minimum absolute atomic E-state index is 0.328. The van der Waals surface area contributed by atoms with Gasteiger partial charge >= 0.3 is 0 Å². The number of nitrogens with zero attached hydrogens (tertiary/aromatic N) is 1. The van der Waals surface area contributed by atoms with Crippen LogP contribution in [0.15, 0.2) is 18.3 Å². The number of nitrogens with one attached hydrogen (secondary N) is 1. The van der Waals surface area contributed by atoms with Gasteiger partial charge in [0.25, 0.3) is 0 Å². The van der Waals surface area contributed by atoms with Crippen molar-refractivity contribution in [2.75, 3.05) is 18.5 Å². The first kappa shape index (κ1) is 12.3. The molecule has 0 aromatic carbocycles. The lowest BCUT2D eigenvalue weighted by Crippen LogP contribution is -2.26. The van der Waals surface area contributed by atoms with Crippen LogP contribution in [0.4, 0.5) is 5.69 Å². The van der Waals surface area contributed by atoms with Crippen LogP contribution in [0.3, 0.4) is 0 Å². The zero-order chi connectivity index (χ0) is 12.3. The largest absolute Gasteiger partial charge is 0.388 e. The molecule has 4 nitrogen and oxygen atoms in total. The van der Waals surface area contributed by atoms with E-state index in [0.29, 0.717) is 22.6 Å². The van der Waals surface area contributed by atoms with Gasteiger partial charge in [-0.25, -0.2) is 0 Å². The molecule has 3 N–H and O–H groups in total. The minimum Gasteiger partial charge on any atom is -0.388 e. The Morgan fingerprint density at radius 3 is 3.00 bits per heavy atom. The Balaban J connectivity index is 1.96. The first-order chi connectivity index (χ1) is 8.16. The molecule has 0 amide bonds. The number of ether oxygens (including phenoxy) is 1. The van der Waals surface area contributed by atoms with Gasteiger partial charge in [0.2, 0.25) is 0 Å². The zero-order valence-electron chi connectivity index (χ0n) is 9.85. The first-order valence-electron chi connectivity index (χ1n) is 5.77. The van der Waals surface area contributed by atoms with Crippen LogP contribution in [-0.4, -0.2) is 29.2 Å². The van der Waals surface area contributed by atoms with E-state index in [4.69, 9.17) is 22.7 Å². The fourth-order valence-corrected chi connectivity index (χ4v) is 2.07. The molecule has 17 heavy (non-hydrogen) atoms. The summed E-state index contributed by atoms with van der Waals surface area (Å²) in [6.07, 6.45) is 2.88. The molecule has 2 rings (SSSR count). The van der Waals surface area contributed by atoms with Crippen molar-refractivity contribution in [3.8, 4) is 0 Å². The molecule has 1 saturated heterocycles. The fourth-order valence-electron chi connectivity index (χ4n) is 1.95. The number of hydrogen-bond acceptors (Lipinski definition) is 4. The van der Waals surface area contributed by atoms with Crippen molar-refractivity contribution in [3.05, 3.63) is 24.0 Å². The maximum absolute atomic E-state index is 5.50. The summed E-state index contributed by atoms with van der Waals surface area (Å²) in [6, 6.07) is 4.17. The molecule has 2 unspecified atom stereocenters. The normalized spacial score (nSPS) is 21.1. The molecule has 1 aliphatic rings. The van der Waals surface area contributed by atoms with Gasteiger partial charge < -0.3 is 15.8 Å². The average Bonchev–Trinajstić information content (AvgIpc) is 2.83. The van der Waals surface area contributed by atoms with Crippen LogP contribution in [0.5, 0.6) is 0 Å². The average molecular weight is 251 g/mol. The van der Waals surface area contributed by atoms with Crippen LogP contribution >= 0.6 is 12.2 Å². The van der Waals surface area contributed by atoms with Crippen molar-refractivity contribution in [1.82, 2.24) is 4.98 Å². The molecular weight excluding hydrogens is 234 g/mol. The van der Waals surface area contributed by atoms with E-state index in [1.165, 1.54) is 0 Å². The van der Waals surface area contributed by atoms with E-state index in [1.807, 2.05) is 12.1 Å². The van der Waals surface area contributed by atoms with Crippen LogP contribution in [0.1, 0.15) is 19.0 Å². The molecule has 0 spiro atoms. The molecule has 2 atom stereocenters. The Hall–Kier alpha value is -1.20. The van der Waals surface area contributed by atoms with Crippen molar-refractivity contribution in [2.45, 2.75) is 19.4 Å². The molecular formula is C12H17N3OS. The number of hydrogen-bond donors (Lipinski definition) is 2. The molecule has 0 saturated carbocycles. The molecule has 0 radical (unpaired) electrons. The number of aromatic nitrogens is 1. The van der Waals surface area contributed by atoms with Gasteiger partial charge in [-0.1, -0.05) is 12.2 Å². The van der Waals surface area contributed by atoms with E-state index < -0.39 is 0 Å². The third-order valence-corrected chi connectivity index (χ3v) is 3.29. The summed E-state index contributed by atoms with van der Waals surface area (Å²) >= 11 is 4.86. The van der Waals surface area contributed by atoms with Crippen molar-refractivity contribution < 1.29 is 4.74 Å². The Morgan fingerprint density at radius 2 is 2.47 bits per heavy atom. The smallest absolute Gasteiger partial charge is 0.122 e. The van der Waals surface area contributed by atoms with Gasteiger partial charge in [0.15, 0.2) is 0 Å². The monoisotopic (exact) mass is 251 g/mol. The van der Waals surface area contributed by atoms with E-state index in [-0.39, 0.29) is 0 Å². The highest BCUT2D eigenvalue weighted by molar-refractivity contribution is 7.80. The second-order valence-electron chi connectivity index (χ2n) is 4.35. The maximum Gasteiger partial charge on any atom is 0.122 e. The van der Waals surface area contributed by atoms with Crippen molar-refractivity contribution >= 4 is 22.9 Å². The molecule has 0 aliphatic carbocycles. The summed E-state index contributed by atoms with van der Waals surface area (Å²) in [5.74, 6) is 0.574. The van der Waals surface area contributed by atoms with E-state index >= 15 is 0 Å². The van der Waals surface area contributed by atoms with Gasteiger partial charge in [-0.2, -0.15) is 0 Å². The SMILES string of the molecule is CC(Nc1ccc(C(N)=S)nc1)C1CCOC1. The maximum atomic E-state index is 5.50. The third kappa shape index (κ3) is 3.14. The molecule has 1 aliphatic heterocycles. The molecule has 92 valence electrons. The molecule has 1 fully saturated rings. The van der Waals surface area contributed by atoms with Gasteiger partial charge in [0.05, 0.1) is 24.2 Å². The van der Waals surface area contributed by atoms with Gasteiger partial charge in [-0.05, 0) is 25.5 Å². The zero-order valence-corrected chi connectivity index (χ0v) is 10.7. The number of rotatable bonds is 4. The summed E-state index contributed by atoms with van der Waals surface area (Å²) < 4.78 is 5.38. The van der Waals surface area contributed by atoms with Crippen molar-refractivity contribution in [3.63, 3.8) is 0 Å². The van der Waals surface area contributed by atoms with Gasteiger partial charge in [0.1, 0.15) is 4.99 Å². The number of anilines is 1. The first-order valence-corrected chi connectivity index (χ1v) is 6.18. The summed E-state index contributed by atoms with van der Waals surface area (Å²) in [4.78, 5) is 4.53. The Kier molecular flexibility index (Phi) is 3.91. The highest BCUT2D eigenvalue weighted by Gasteiger charge is 2.22. The Labute approximate surface area is 107 Å². The van der Waals surface area contributed by atoms with Crippen LogP contribution in [0.2, 0.25) is 0 Å². The summed E-state index contributed by atoms with van der Waals surface area (Å²) in [6.45, 7) is 3.88. The van der Waals surface area contributed by atoms with Gasteiger partial charge in [-0.15, -0.1) is 0 Å².